The first-order valence-electron chi connectivity index (χ1n) is 6.89. The molecule has 5 nitrogen and oxygen atoms in total. The maximum absolute atomic E-state index is 12.0. The number of carbonyl (C=O) groups excluding carboxylic acids is 1. The number of nitrogens with one attached hydrogen (secondary N) is 1. The number of rotatable bonds is 4. The highest BCUT2D eigenvalue weighted by Crippen LogP contribution is 2.34. The standard InChI is InChI=1S/C15H17NO4/c17-14(16-12-8-11-4-5-13(12)20-11)7-9-2-1-3-10(6-9)15(18)19/h1-3,6,11-13H,4-5,7-8H2,(H,16,17)(H,18,19). The molecule has 3 rings (SSSR count). The number of carbonyl (C=O) groups is 2. The van der Waals surface area contributed by atoms with Crippen LogP contribution >= 0.6 is 0 Å². The number of carboxylic acids is 1. The van der Waals surface area contributed by atoms with Crippen molar-refractivity contribution in [1.82, 2.24) is 5.32 Å². The van der Waals surface area contributed by atoms with E-state index in [4.69, 9.17) is 9.84 Å². The van der Waals surface area contributed by atoms with Crippen LogP contribution in [0.15, 0.2) is 24.3 Å². The molecule has 106 valence electrons. The van der Waals surface area contributed by atoms with E-state index in [2.05, 4.69) is 5.32 Å². The zero-order valence-electron chi connectivity index (χ0n) is 11.0. The first kappa shape index (κ1) is 13.1. The van der Waals surface area contributed by atoms with Gasteiger partial charge in [-0.05, 0) is 37.0 Å². The second-order valence-electron chi connectivity index (χ2n) is 5.47. The van der Waals surface area contributed by atoms with Gasteiger partial charge < -0.3 is 15.2 Å². The highest BCUT2D eigenvalue weighted by Gasteiger charge is 2.41. The average molecular weight is 275 g/mol. The van der Waals surface area contributed by atoms with E-state index in [1.807, 2.05) is 0 Å². The molecule has 1 aromatic carbocycles. The van der Waals surface area contributed by atoms with E-state index in [1.54, 1.807) is 18.2 Å². The molecule has 2 bridgehead atoms. The minimum atomic E-state index is -0.978. The van der Waals surface area contributed by atoms with E-state index >= 15 is 0 Å². The van der Waals surface area contributed by atoms with Crippen molar-refractivity contribution in [2.45, 2.75) is 43.9 Å². The van der Waals surface area contributed by atoms with Crippen LogP contribution in [0.25, 0.3) is 0 Å². The van der Waals surface area contributed by atoms with Gasteiger partial charge in [-0.25, -0.2) is 4.79 Å². The number of aromatic carboxylic acids is 1. The summed E-state index contributed by atoms with van der Waals surface area (Å²) in [5.41, 5.74) is 0.921. The van der Waals surface area contributed by atoms with Crippen molar-refractivity contribution in [1.29, 1.82) is 0 Å². The molecule has 2 fully saturated rings. The normalized spacial score (nSPS) is 27.5. The zero-order valence-corrected chi connectivity index (χ0v) is 11.0. The van der Waals surface area contributed by atoms with Crippen molar-refractivity contribution in [2.75, 3.05) is 0 Å². The molecule has 5 heteroatoms. The molecule has 2 aliphatic rings. The summed E-state index contributed by atoms with van der Waals surface area (Å²) < 4.78 is 5.69. The topological polar surface area (TPSA) is 75.6 Å². The molecule has 3 atom stereocenters. The summed E-state index contributed by atoms with van der Waals surface area (Å²) in [6.07, 6.45) is 3.68. The van der Waals surface area contributed by atoms with Crippen molar-refractivity contribution in [3.63, 3.8) is 0 Å². The minimum absolute atomic E-state index is 0.0753. The summed E-state index contributed by atoms with van der Waals surface area (Å²) in [6, 6.07) is 6.60. The van der Waals surface area contributed by atoms with Crippen LogP contribution in [0.3, 0.4) is 0 Å². The van der Waals surface area contributed by atoms with E-state index in [1.165, 1.54) is 6.07 Å². The predicted octanol–water partition coefficient (Wildman–Crippen LogP) is 1.36. The van der Waals surface area contributed by atoms with E-state index in [0.717, 1.165) is 19.3 Å². The Hall–Kier alpha value is -1.88. The van der Waals surface area contributed by atoms with Gasteiger partial charge in [0.05, 0.1) is 30.2 Å². The van der Waals surface area contributed by atoms with Gasteiger partial charge in [-0.3, -0.25) is 4.79 Å². The lowest BCUT2D eigenvalue weighted by atomic mass is 9.95. The third kappa shape index (κ3) is 2.67. The minimum Gasteiger partial charge on any atom is -0.478 e. The molecule has 0 radical (unpaired) electrons. The molecule has 1 aromatic rings. The van der Waals surface area contributed by atoms with Crippen LogP contribution < -0.4 is 5.32 Å². The van der Waals surface area contributed by atoms with Crippen molar-refractivity contribution in [2.24, 2.45) is 0 Å². The fraction of sp³-hybridized carbons (Fsp3) is 0.467. The van der Waals surface area contributed by atoms with E-state index in [9.17, 15) is 9.59 Å². The highest BCUT2D eigenvalue weighted by molar-refractivity contribution is 5.88. The Morgan fingerprint density at radius 3 is 2.85 bits per heavy atom. The number of hydrogen-bond acceptors (Lipinski definition) is 3. The SMILES string of the molecule is O=C(Cc1cccc(C(=O)O)c1)NC1CC2CCC1O2. The monoisotopic (exact) mass is 275 g/mol. The van der Waals surface area contributed by atoms with Gasteiger partial charge in [0.2, 0.25) is 5.91 Å². The lowest BCUT2D eigenvalue weighted by Gasteiger charge is -2.20. The lowest BCUT2D eigenvalue weighted by molar-refractivity contribution is -0.121. The smallest absolute Gasteiger partial charge is 0.335 e. The maximum atomic E-state index is 12.0. The molecule has 1 amide bonds. The van der Waals surface area contributed by atoms with Gasteiger partial charge in [-0.15, -0.1) is 0 Å². The molecule has 2 aliphatic heterocycles. The van der Waals surface area contributed by atoms with Crippen LogP contribution in [-0.4, -0.2) is 35.2 Å². The van der Waals surface area contributed by atoms with Gasteiger partial charge in [0.1, 0.15) is 0 Å². The van der Waals surface area contributed by atoms with Crippen LogP contribution in [-0.2, 0) is 16.0 Å². The average Bonchev–Trinajstić information content (AvgIpc) is 3.01. The lowest BCUT2D eigenvalue weighted by Crippen LogP contribution is -2.42. The molecule has 3 unspecified atom stereocenters. The molecule has 20 heavy (non-hydrogen) atoms. The molecular formula is C15H17NO4. The molecule has 2 heterocycles. The Balaban J connectivity index is 1.59. The van der Waals surface area contributed by atoms with E-state index in [0.29, 0.717) is 11.7 Å². The highest BCUT2D eigenvalue weighted by atomic mass is 16.5. The first-order valence-corrected chi connectivity index (χ1v) is 6.89. The summed E-state index contributed by atoms with van der Waals surface area (Å²) in [5.74, 6) is -1.05. The Bertz CT molecular complexity index is 542. The quantitative estimate of drug-likeness (QED) is 0.870. The third-order valence-corrected chi connectivity index (χ3v) is 3.99. The summed E-state index contributed by atoms with van der Waals surface area (Å²) in [4.78, 5) is 22.9. The maximum Gasteiger partial charge on any atom is 0.335 e. The van der Waals surface area contributed by atoms with Crippen LogP contribution in [0.5, 0.6) is 0 Å². The first-order chi connectivity index (χ1) is 9.61. The van der Waals surface area contributed by atoms with E-state index < -0.39 is 5.97 Å². The summed E-state index contributed by atoms with van der Waals surface area (Å²) in [6.45, 7) is 0. The van der Waals surface area contributed by atoms with Crippen molar-refractivity contribution >= 4 is 11.9 Å². The Morgan fingerprint density at radius 1 is 1.35 bits per heavy atom. The van der Waals surface area contributed by atoms with Crippen LogP contribution in [0, 0.1) is 0 Å². The largest absolute Gasteiger partial charge is 0.478 e. The van der Waals surface area contributed by atoms with Gasteiger partial charge in [-0.2, -0.15) is 0 Å². The number of benzene rings is 1. The summed E-state index contributed by atoms with van der Waals surface area (Å²) in [5, 5.41) is 11.9. The summed E-state index contributed by atoms with van der Waals surface area (Å²) in [7, 11) is 0. The van der Waals surface area contributed by atoms with Gasteiger partial charge >= 0.3 is 5.97 Å². The fourth-order valence-electron chi connectivity index (χ4n) is 3.05. The fourth-order valence-corrected chi connectivity index (χ4v) is 3.05. The van der Waals surface area contributed by atoms with Crippen molar-refractivity contribution < 1.29 is 19.4 Å². The van der Waals surface area contributed by atoms with Crippen molar-refractivity contribution in [3.05, 3.63) is 35.4 Å². The van der Waals surface area contributed by atoms with Gasteiger partial charge in [0, 0.05) is 0 Å². The Kier molecular flexibility index (Phi) is 3.44. The second kappa shape index (κ2) is 5.25. The molecule has 0 saturated carbocycles. The van der Waals surface area contributed by atoms with Gasteiger partial charge in [-0.1, -0.05) is 12.1 Å². The number of hydrogen-bond donors (Lipinski definition) is 2. The van der Waals surface area contributed by atoms with Gasteiger partial charge in [0.25, 0.3) is 0 Å². The van der Waals surface area contributed by atoms with Crippen LogP contribution in [0.2, 0.25) is 0 Å². The number of carboxylic acid groups (broad SMARTS) is 1. The third-order valence-electron chi connectivity index (χ3n) is 3.99. The molecular weight excluding hydrogens is 258 g/mol. The van der Waals surface area contributed by atoms with Crippen LogP contribution in [0.4, 0.5) is 0 Å². The molecule has 0 aromatic heterocycles. The zero-order chi connectivity index (χ0) is 14.1. The number of ether oxygens (including phenoxy) is 1. The van der Waals surface area contributed by atoms with Crippen LogP contribution in [0.1, 0.15) is 35.2 Å². The Labute approximate surface area is 116 Å². The molecule has 2 saturated heterocycles. The molecule has 0 spiro atoms. The number of amides is 1. The Morgan fingerprint density at radius 2 is 2.20 bits per heavy atom. The van der Waals surface area contributed by atoms with E-state index in [-0.39, 0.29) is 30.0 Å². The number of fused-ring (bicyclic) bond motifs is 2. The summed E-state index contributed by atoms with van der Waals surface area (Å²) >= 11 is 0. The van der Waals surface area contributed by atoms with Crippen molar-refractivity contribution in [3.8, 4) is 0 Å². The predicted molar refractivity (Wildman–Crippen MR) is 71.5 cm³/mol. The second-order valence-corrected chi connectivity index (χ2v) is 5.47. The molecule has 2 N–H and O–H groups in total. The molecule has 0 aliphatic carbocycles. The van der Waals surface area contributed by atoms with Gasteiger partial charge in [0.15, 0.2) is 0 Å².